The number of hydrogen-bond donors (Lipinski definition) is 4. The molecule has 0 aromatic heterocycles. The molecule has 0 spiro atoms. The molecule has 0 unspecified atom stereocenters. The lowest BCUT2D eigenvalue weighted by molar-refractivity contribution is 0.0937. The summed E-state index contributed by atoms with van der Waals surface area (Å²) in [7, 11) is 0. The zero-order valence-corrected chi connectivity index (χ0v) is 22.5. The summed E-state index contributed by atoms with van der Waals surface area (Å²) in [5.74, 6) is -1.11. The second-order valence-corrected chi connectivity index (χ2v) is 9.73. The normalized spacial score (nSPS) is 18.2. The maximum absolute atomic E-state index is 12.7. The van der Waals surface area contributed by atoms with Crippen molar-refractivity contribution in [3.8, 4) is 0 Å². The van der Waals surface area contributed by atoms with Gasteiger partial charge in [0.1, 0.15) is 0 Å². The molecule has 2 heterocycles. The van der Waals surface area contributed by atoms with Crippen LogP contribution in [0.15, 0.2) is 96.1 Å². The SMILES string of the molecule is C/C1=C\C=C(/C)CNC(=O)c2cccc(c2)C(=O)NCc2ccc(cc2)CNC(=O)c2cccc(c2)C(=O)NC1. The van der Waals surface area contributed by atoms with E-state index in [4.69, 9.17) is 0 Å². The maximum Gasteiger partial charge on any atom is 0.251 e. The number of hydrogen-bond acceptors (Lipinski definition) is 4. The second-order valence-electron chi connectivity index (χ2n) is 9.73. The fraction of sp³-hybridized carbons (Fsp3) is 0.188. The molecule has 8 heteroatoms. The molecule has 6 bridgehead atoms. The summed E-state index contributed by atoms with van der Waals surface area (Å²) in [5.41, 5.74) is 5.19. The van der Waals surface area contributed by atoms with Crippen LogP contribution in [0.5, 0.6) is 0 Å². The maximum atomic E-state index is 12.7. The van der Waals surface area contributed by atoms with Crippen LogP contribution in [0.2, 0.25) is 0 Å². The molecule has 0 saturated carbocycles. The van der Waals surface area contributed by atoms with Crippen molar-refractivity contribution in [1.82, 2.24) is 21.3 Å². The van der Waals surface area contributed by atoms with Crippen molar-refractivity contribution < 1.29 is 19.2 Å². The number of allylic oxidation sites excluding steroid dienone is 2. The minimum Gasteiger partial charge on any atom is -0.348 e. The number of amides is 4. The van der Waals surface area contributed by atoms with Crippen LogP contribution < -0.4 is 21.3 Å². The number of rotatable bonds is 0. The Hall–Kier alpha value is -4.98. The van der Waals surface area contributed by atoms with Gasteiger partial charge in [0.15, 0.2) is 0 Å². The summed E-state index contributed by atoms with van der Waals surface area (Å²) in [6.45, 7) is 5.07. The molecule has 0 fully saturated rings. The van der Waals surface area contributed by atoms with Crippen molar-refractivity contribution in [3.63, 3.8) is 0 Å². The number of benzene rings is 3. The van der Waals surface area contributed by atoms with E-state index in [1.165, 1.54) is 0 Å². The van der Waals surface area contributed by atoms with E-state index in [1.807, 2.05) is 50.3 Å². The first-order valence-corrected chi connectivity index (χ1v) is 13.0. The predicted octanol–water partition coefficient (Wildman–Crippen LogP) is 3.91. The molecule has 40 heavy (non-hydrogen) atoms. The first-order chi connectivity index (χ1) is 19.3. The second kappa shape index (κ2) is 13.2. The zero-order valence-electron chi connectivity index (χ0n) is 22.5. The van der Waals surface area contributed by atoms with Gasteiger partial charge < -0.3 is 21.3 Å². The van der Waals surface area contributed by atoms with Gasteiger partial charge in [-0.15, -0.1) is 0 Å². The van der Waals surface area contributed by atoms with E-state index < -0.39 is 0 Å². The predicted molar refractivity (Wildman–Crippen MR) is 154 cm³/mol. The molecular formula is C32H32N4O4. The van der Waals surface area contributed by atoms with Crippen molar-refractivity contribution in [2.45, 2.75) is 26.9 Å². The van der Waals surface area contributed by atoms with Crippen LogP contribution in [0.25, 0.3) is 0 Å². The van der Waals surface area contributed by atoms with E-state index in [9.17, 15) is 19.2 Å². The van der Waals surface area contributed by atoms with Crippen LogP contribution in [0.1, 0.15) is 66.4 Å². The Balaban J connectivity index is 1.54. The van der Waals surface area contributed by atoms with E-state index in [0.717, 1.165) is 22.3 Å². The minimum absolute atomic E-state index is 0.276. The lowest BCUT2D eigenvalue weighted by Gasteiger charge is -2.10. The van der Waals surface area contributed by atoms with E-state index >= 15 is 0 Å². The van der Waals surface area contributed by atoms with Crippen molar-refractivity contribution in [1.29, 1.82) is 0 Å². The van der Waals surface area contributed by atoms with Gasteiger partial charge in [0, 0.05) is 48.4 Å². The van der Waals surface area contributed by atoms with Crippen molar-refractivity contribution >= 4 is 23.6 Å². The fourth-order valence-corrected chi connectivity index (χ4v) is 3.99. The Morgan fingerprint density at radius 2 is 0.750 bits per heavy atom. The topological polar surface area (TPSA) is 116 Å². The molecule has 0 radical (unpaired) electrons. The third kappa shape index (κ3) is 7.77. The largest absolute Gasteiger partial charge is 0.348 e. The minimum atomic E-state index is -0.279. The highest BCUT2D eigenvalue weighted by Gasteiger charge is 2.12. The lowest BCUT2D eigenvalue weighted by atomic mass is 10.1. The summed E-state index contributed by atoms with van der Waals surface area (Å²) >= 11 is 0. The molecule has 0 atom stereocenters. The molecule has 2 aliphatic rings. The Labute approximate surface area is 233 Å². The molecule has 5 rings (SSSR count). The highest BCUT2D eigenvalue weighted by molar-refractivity contribution is 6.00. The van der Waals surface area contributed by atoms with Crippen LogP contribution in [0, 0.1) is 0 Å². The summed E-state index contributed by atoms with van der Waals surface area (Å²) in [4.78, 5) is 50.9. The van der Waals surface area contributed by atoms with E-state index in [0.29, 0.717) is 48.4 Å². The Morgan fingerprint density at radius 1 is 0.450 bits per heavy atom. The van der Waals surface area contributed by atoms with Crippen LogP contribution in [0.4, 0.5) is 0 Å². The van der Waals surface area contributed by atoms with Gasteiger partial charge in [-0.05, 0) is 61.4 Å². The van der Waals surface area contributed by atoms with Gasteiger partial charge in [-0.1, -0.05) is 59.7 Å². The number of carbonyl (C=O) groups is 4. The van der Waals surface area contributed by atoms with Gasteiger partial charge in [0.2, 0.25) is 0 Å². The third-order valence-electron chi connectivity index (χ3n) is 6.41. The number of fused-ring (bicyclic) bond motifs is 13. The van der Waals surface area contributed by atoms with Crippen LogP contribution >= 0.6 is 0 Å². The average molecular weight is 537 g/mol. The molecule has 4 amide bonds. The lowest BCUT2D eigenvalue weighted by Crippen LogP contribution is -2.27. The first-order valence-electron chi connectivity index (χ1n) is 13.0. The fourth-order valence-electron chi connectivity index (χ4n) is 3.99. The van der Waals surface area contributed by atoms with Gasteiger partial charge in [-0.25, -0.2) is 0 Å². The number of nitrogens with one attached hydrogen (secondary N) is 4. The first kappa shape index (κ1) is 28.0. The van der Waals surface area contributed by atoms with Crippen molar-refractivity contribution in [3.05, 3.63) is 129 Å². The van der Waals surface area contributed by atoms with E-state index in [-0.39, 0.29) is 23.6 Å². The molecule has 0 aliphatic carbocycles. The van der Waals surface area contributed by atoms with Gasteiger partial charge in [0.05, 0.1) is 0 Å². The van der Waals surface area contributed by atoms with Gasteiger partial charge in [-0.2, -0.15) is 0 Å². The van der Waals surface area contributed by atoms with Crippen molar-refractivity contribution in [2.24, 2.45) is 0 Å². The summed E-state index contributed by atoms with van der Waals surface area (Å²) < 4.78 is 0. The molecular weight excluding hydrogens is 504 g/mol. The molecule has 3 aromatic carbocycles. The highest BCUT2D eigenvalue weighted by Crippen LogP contribution is 2.10. The smallest absolute Gasteiger partial charge is 0.251 e. The highest BCUT2D eigenvalue weighted by atomic mass is 16.2. The standard InChI is InChI=1S/C32H32N4O4/c1-21-9-10-22(2)18-34-30(38)26-6-4-8-28(16-26)32(40)36-20-24-13-11-23(12-14-24)19-35-31(39)27-7-3-5-25(15-27)29(37)33-17-21/h3-16H,17-20H2,1-2H3,(H,33,37)(H,34,38)(H,35,39)(H,36,40)/b21-9+,22-10+. The van der Waals surface area contributed by atoms with E-state index in [2.05, 4.69) is 21.3 Å². The molecule has 204 valence electrons. The monoisotopic (exact) mass is 536 g/mol. The molecule has 4 N–H and O–H groups in total. The van der Waals surface area contributed by atoms with Crippen LogP contribution in [-0.2, 0) is 13.1 Å². The Morgan fingerprint density at radius 3 is 1.07 bits per heavy atom. The van der Waals surface area contributed by atoms with E-state index in [1.54, 1.807) is 48.5 Å². The average Bonchev–Trinajstić information content (AvgIpc) is 2.99. The molecule has 3 aromatic rings. The molecule has 2 aliphatic heterocycles. The Kier molecular flexibility index (Phi) is 9.25. The summed E-state index contributed by atoms with van der Waals surface area (Å²) in [6.07, 6.45) is 3.76. The molecule has 8 nitrogen and oxygen atoms in total. The van der Waals surface area contributed by atoms with Crippen LogP contribution in [-0.4, -0.2) is 36.7 Å². The van der Waals surface area contributed by atoms with Crippen molar-refractivity contribution in [2.75, 3.05) is 13.1 Å². The number of carbonyl (C=O) groups excluding carboxylic acids is 4. The quantitative estimate of drug-likeness (QED) is 0.349. The summed E-state index contributed by atoms with van der Waals surface area (Å²) in [6, 6.07) is 20.7. The van der Waals surface area contributed by atoms with Gasteiger partial charge in [-0.3, -0.25) is 19.2 Å². The zero-order chi connectivity index (χ0) is 28.5. The molecule has 0 saturated heterocycles. The van der Waals surface area contributed by atoms with Crippen LogP contribution in [0.3, 0.4) is 0 Å². The van der Waals surface area contributed by atoms with Gasteiger partial charge >= 0.3 is 0 Å². The Bertz CT molecular complexity index is 1380. The summed E-state index contributed by atoms with van der Waals surface area (Å²) in [5, 5.41) is 11.5. The third-order valence-corrected chi connectivity index (χ3v) is 6.41. The van der Waals surface area contributed by atoms with Gasteiger partial charge in [0.25, 0.3) is 23.6 Å².